The Morgan fingerprint density at radius 2 is 2.18 bits per heavy atom. The molecule has 3 atom stereocenters. The Hall–Kier alpha value is -0.710. The third-order valence-electron chi connectivity index (χ3n) is 3.67. The molecule has 0 amide bonds. The van der Waals surface area contributed by atoms with Gasteiger partial charge in [-0.2, -0.15) is 5.26 Å². The highest BCUT2D eigenvalue weighted by molar-refractivity contribution is 5.16. The molecule has 0 aromatic carbocycles. The molecule has 2 heteroatoms. The number of likely N-dealkylation sites (tertiary alicyclic amines) is 1. The number of nitriles is 1. The van der Waals surface area contributed by atoms with E-state index in [0.717, 1.165) is 18.4 Å². The van der Waals surface area contributed by atoms with E-state index in [2.05, 4.69) is 27.0 Å². The van der Waals surface area contributed by atoms with Crippen molar-refractivity contribution in [2.45, 2.75) is 26.8 Å². The molecule has 1 aliphatic heterocycles. The van der Waals surface area contributed by atoms with E-state index in [1.54, 1.807) is 0 Å². The smallest absolute Gasteiger partial charge is 0.179 e. The van der Waals surface area contributed by atoms with Crippen LogP contribution in [-0.4, -0.2) is 17.5 Å². The second kappa shape index (κ2) is 1.72. The zero-order valence-corrected chi connectivity index (χ0v) is 7.33. The minimum Gasteiger partial charge on any atom is -0.307 e. The molecule has 0 aromatic rings. The largest absolute Gasteiger partial charge is 0.307 e. The molecule has 1 heterocycles. The van der Waals surface area contributed by atoms with E-state index in [9.17, 15) is 0 Å². The van der Waals surface area contributed by atoms with Gasteiger partial charge in [-0.3, -0.25) is 0 Å². The highest BCUT2D eigenvalue weighted by Crippen LogP contribution is 2.64. The molecule has 2 nitrogen and oxygen atoms in total. The van der Waals surface area contributed by atoms with Crippen LogP contribution in [0.4, 0.5) is 0 Å². The highest BCUT2D eigenvalue weighted by Gasteiger charge is 2.65. The fraction of sp³-hybridized carbons (Fsp3) is 0.889. The molecule has 2 aliphatic rings. The van der Waals surface area contributed by atoms with Crippen LogP contribution in [-0.2, 0) is 0 Å². The molecule has 0 spiro atoms. The average molecular weight is 150 g/mol. The molecule has 0 bridgehead atoms. The lowest BCUT2D eigenvalue weighted by atomic mass is 10.0. The van der Waals surface area contributed by atoms with Crippen molar-refractivity contribution in [1.82, 2.24) is 4.90 Å². The monoisotopic (exact) mass is 150 g/mol. The van der Waals surface area contributed by atoms with Gasteiger partial charge in [0.25, 0.3) is 0 Å². The summed E-state index contributed by atoms with van der Waals surface area (Å²) >= 11 is 0. The number of hydrogen-bond acceptors (Lipinski definition) is 2. The van der Waals surface area contributed by atoms with Crippen LogP contribution < -0.4 is 0 Å². The summed E-state index contributed by atoms with van der Waals surface area (Å²) in [5.41, 5.74) is 0.521. The Morgan fingerprint density at radius 1 is 1.55 bits per heavy atom. The van der Waals surface area contributed by atoms with Gasteiger partial charge in [0.05, 0.1) is 0 Å². The normalized spacial score (nSPS) is 44.9. The summed E-state index contributed by atoms with van der Waals surface area (Å²) in [5, 5.41) is 8.72. The van der Waals surface area contributed by atoms with Crippen molar-refractivity contribution in [1.29, 1.82) is 5.26 Å². The first-order chi connectivity index (χ1) is 5.09. The molecule has 11 heavy (non-hydrogen) atoms. The van der Waals surface area contributed by atoms with Crippen LogP contribution in [0.1, 0.15) is 20.8 Å². The minimum absolute atomic E-state index is 0.486. The zero-order valence-electron chi connectivity index (χ0n) is 7.33. The second-order valence-corrected chi connectivity index (χ2v) is 4.45. The van der Waals surface area contributed by atoms with Crippen LogP contribution >= 0.6 is 0 Å². The molecule has 0 N–H and O–H groups in total. The van der Waals surface area contributed by atoms with Crippen molar-refractivity contribution in [2.75, 3.05) is 6.54 Å². The summed E-state index contributed by atoms with van der Waals surface area (Å²) in [4.78, 5) is 1.92. The number of nitrogens with zero attached hydrogens (tertiary/aromatic N) is 2. The van der Waals surface area contributed by atoms with Crippen LogP contribution in [0.2, 0.25) is 0 Å². The number of piperidine rings is 1. The van der Waals surface area contributed by atoms with E-state index >= 15 is 0 Å². The lowest BCUT2D eigenvalue weighted by molar-refractivity contribution is 0.273. The van der Waals surface area contributed by atoms with Gasteiger partial charge in [0.15, 0.2) is 6.19 Å². The van der Waals surface area contributed by atoms with Gasteiger partial charge >= 0.3 is 0 Å². The van der Waals surface area contributed by atoms with E-state index in [0.29, 0.717) is 11.5 Å². The third kappa shape index (κ3) is 0.663. The van der Waals surface area contributed by atoms with Crippen molar-refractivity contribution in [3.63, 3.8) is 0 Å². The summed E-state index contributed by atoms with van der Waals surface area (Å²) in [6, 6.07) is 0.486. The van der Waals surface area contributed by atoms with Gasteiger partial charge in [-0.15, -0.1) is 0 Å². The van der Waals surface area contributed by atoms with Gasteiger partial charge < -0.3 is 4.90 Å². The van der Waals surface area contributed by atoms with Gasteiger partial charge in [-0.1, -0.05) is 13.8 Å². The van der Waals surface area contributed by atoms with Crippen molar-refractivity contribution in [2.24, 2.45) is 17.3 Å². The van der Waals surface area contributed by atoms with Crippen LogP contribution in [0.3, 0.4) is 0 Å². The summed E-state index contributed by atoms with van der Waals surface area (Å²) < 4.78 is 0. The van der Waals surface area contributed by atoms with Crippen molar-refractivity contribution in [3.05, 3.63) is 0 Å². The molecule has 60 valence electrons. The predicted molar refractivity (Wildman–Crippen MR) is 42.5 cm³/mol. The fourth-order valence-corrected chi connectivity index (χ4v) is 2.80. The number of hydrogen-bond donors (Lipinski definition) is 0. The Labute approximate surface area is 67.8 Å². The molecular formula is C9H14N2. The quantitative estimate of drug-likeness (QED) is 0.489. The fourth-order valence-electron chi connectivity index (χ4n) is 2.80. The first-order valence-electron chi connectivity index (χ1n) is 4.25. The molecule has 1 aliphatic carbocycles. The molecule has 2 rings (SSSR count). The SMILES string of the molecule is C[C@H]1C2C(CN1C#N)C2(C)C. The molecular weight excluding hydrogens is 136 g/mol. The third-order valence-corrected chi connectivity index (χ3v) is 3.67. The number of rotatable bonds is 0. The molecule has 1 saturated carbocycles. The number of fused-ring (bicyclic) bond motifs is 1. The maximum absolute atomic E-state index is 8.72. The van der Waals surface area contributed by atoms with Crippen LogP contribution in [0.5, 0.6) is 0 Å². The van der Waals surface area contributed by atoms with E-state index in [-0.39, 0.29) is 0 Å². The first-order valence-corrected chi connectivity index (χ1v) is 4.25. The van der Waals surface area contributed by atoms with Gasteiger partial charge in [0.2, 0.25) is 0 Å². The van der Waals surface area contributed by atoms with Crippen LogP contribution in [0.15, 0.2) is 0 Å². The summed E-state index contributed by atoms with van der Waals surface area (Å²) in [6.07, 6.45) is 2.25. The lowest BCUT2D eigenvalue weighted by Crippen LogP contribution is -2.29. The Morgan fingerprint density at radius 3 is 2.55 bits per heavy atom. The maximum Gasteiger partial charge on any atom is 0.179 e. The van der Waals surface area contributed by atoms with Crippen LogP contribution in [0, 0.1) is 28.7 Å². The first kappa shape index (κ1) is 6.97. The maximum atomic E-state index is 8.72. The Bertz CT molecular complexity index is 226. The molecule has 0 radical (unpaired) electrons. The van der Waals surface area contributed by atoms with Gasteiger partial charge in [-0.25, -0.2) is 0 Å². The molecule has 2 unspecified atom stereocenters. The van der Waals surface area contributed by atoms with E-state index in [4.69, 9.17) is 5.26 Å². The summed E-state index contributed by atoms with van der Waals surface area (Å²) in [6.45, 7) is 7.79. The Balaban J connectivity index is 2.14. The topological polar surface area (TPSA) is 27.0 Å². The molecule has 2 fully saturated rings. The summed E-state index contributed by atoms with van der Waals surface area (Å²) in [7, 11) is 0. The predicted octanol–water partition coefficient (Wildman–Crippen LogP) is 1.44. The Kier molecular flexibility index (Phi) is 1.09. The highest BCUT2D eigenvalue weighted by atomic mass is 15.2. The molecule has 0 aromatic heterocycles. The minimum atomic E-state index is 0.486. The van der Waals surface area contributed by atoms with E-state index < -0.39 is 0 Å². The van der Waals surface area contributed by atoms with E-state index in [1.165, 1.54) is 0 Å². The average Bonchev–Trinajstić information content (AvgIpc) is 2.34. The second-order valence-electron chi connectivity index (χ2n) is 4.45. The van der Waals surface area contributed by atoms with Crippen molar-refractivity contribution >= 4 is 0 Å². The van der Waals surface area contributed by atoms with E-state index in [1.807, 2.05) is 4.90 Å². The van der Waals surface area contributed by atoms with Gasteiger partial charge in [-0.05, 0) is 24.2 Å². The van der Waals surface area contributed by atoms with Gasteiger partial charge in [0, 0.05) is 12.6 Å². The standard InChI is InChI=1S/C9H14N2/c1-6-8-7(9(8,2)3)4-11(6)5-10/h6-8H,4H2,1-3H3/t6-,7?,8?/m0/s1. The van der Waals surface area contributed by atoms with Crippen molar-refractivity contribution in [3.8, 4) is 6.19 Å². The zero-order chi connectivity index (χ0) is 8.22. The summed E-state index contributed by atoms with van der Waals surface area (Å²) in [5.74, 6) is 1.57. The lowest BCUT2D eigenvalue weighted by Gasteiger charge is -2.22. The molecule has 1 saturated heterocycles. The van der Waals surface area contributed by atoms with Crippen LogP contribution in [0.25, 0.3) is 0 Å². The van der Waals surface area contributed by atoms with Crippen molar-refractivity contribution < 1.29 is 0 Å². The van der Waals surface area contributed by atoms with Gasteiger partial charge in [0.1, 0.15) is 0 Å².